The van der Waals surface area contributed by atoms with Gasteiger partial charge in [0, 0.05) is 36.4 Å². The molecule has 5 heteroatoms. The first-order chi connectivity index (χ1) is 8.24. The lowest BCUT2D eigenvalue weighted by Gasteiger charge is -2.04. The molecule has 0 radical (unpaired) electrons. The fraction of sp³-hybridized carbons (Fsp3) is 0.0833. The predicted molar refractivity (Wildman–Crippen MR) is 62.9 cm³/mol. The fourth-order valence-electron chi connectivity index (χ4n) is 1.49. The van der Waals surface area contributed by atoms with Gasteiger partial charge in [-0.15, -0.1) is 0 Å². The normalized spacial score (nSPS) is 9.88. The molecule has 2 heterocycles. The summed E-state index contributed by atoms with van der Waals surface area (Å²) in [4.78, 5) is 18.6. The summed E-state index contributed by atoms with van der Waals surface area (Å²) in [5.41, 5.74) is 2.42. The second-order valence-corrected chi connectivity index (χ2v) is 3.50. The summed E-state index contributed by atoms with van der Waals surface area (Å²) < 4.78 is 0. The summed E-state index contributed by atoms with van der Waals surface area (Å²) in [5.74, 6) is 0. The van der Waals surface area contributed by atoms with E-state index in [9.17, 15) is 4.79 Å². The molecular formula is C12H11N3O2. The highest BCUT2D eigenvalue weighted by atomic mass is 16.4. The van der Waals surface area contributed by atoms with Crippen LogP contribution in [0.4, 0.5) is 10.5 Å². The molecule has 0 unspecified atom stereocenters. The van der Waals surface area contributed by atoms with Gasteiger partial charge in [0.15, 0.2) is 0 Å². The van der Waals surface area contributed by atoms with Crippen LogP contribution in [0.1, 0.15) is 11.3 Å². The molecule has 86 valence electrons. The Morgan fingerprint density at radius 1 is 1.24 bits per heavy atom. The van der Waals surface area contributed by atoms with Crippen LogP contribution >= 0.6 is 0 Å². The quantitative estimate of drug-likeness (QED) is 0.845. The van der Waals surface area contributed by atoms with Crippen LogP contribution in [0.25, 0.3) is 0 Å². The number of hydrogen-bond donors (Lipinski definition) is 2. The molecule has 0 bridgehead atoms. The van der Waals surface area contributed by atoms with Crippen molar-refractivity contribution in [1.29, 1.82) is 0 Å². The van der Waals surface area contributed by atoms with Crippen LogP contribution in [-0.4, -0.2) is 21.2 Å². The zero-order valence-corrected chi connectivity index (χ0v) is 9.00. The second kappa shape index (κ2) is 5.07. The first-order valence-electron chi connectivity index (χ1n) is 5.08. The zero-order valence-electron chi connectivity index (χ0n) is 9.00. The molecule has 0 saturated heterocycles. The molecule has 0 aliphatic rings. The fourth-order valence-corrected chi connectivity index (χ4v) is 1.49. The third kappa shape index (κ3) is 3.27. The Morgan fingerprint density at radius 3 is 2.71 bits per heavy atom. The van der Waals surface area contributed by atoms with Crippen molar-refractivity contribution in [1.82, 2.24) is 9.97 Å². The molecule has 0 aliphatic carbocycles. The lowest BCUT2D eigenvalue weighted by Crippen LogP contribution is -2.07. The molecule has 2 aromatic heterocycles. The Morgan fingerprint density at radius 2 is 2.00 bits per heavy atom. The van der Waals surface area contributed by atoms with Crippen LogP contribution in [0.2, 0.25) is 0 Å². The third-order valence-electron chi connectivity index (χ3n) is 2.20. The maximum Gasteiger partial charge on any atom is 0.409 e. The van der Waals surface area contributed by atoms with Crippen molar-refractivity contribution >= 4 is 11.8 Å². The van der Waals surface area contributed by atoms with Crippen LogP contribution in [0.5, 0.6) is 0 Å². The lowest BCUT2D eigenvalue weighted by atomic mass is 10.1. The average molecular weight is 229 g/mol. The monoisotopic (exact) mass is 229 g/mol. The Bertz CT molecular complexity index is 514. The van der Waals surface area contributed by atoms with Gasteiger partial charge in [-0.2, -0.15) is 0 Å². The van der Waals surface area contributed by atoms with Gasteiger partial charge in [-0.05, 0) is 29.8 Å². The van der Waals surface area contributed by atoms with E-state index in [1.54, 1.807) is 30.7 Å². The topological polar surface area (TPSA) is 75.1 Å². The van der Waals surface area contributed by atoms with Crippen LogP contribution in [-0.2, 0) is 6.42 Å². The number of nitrogens with zero attached hydrogens (tertiary/aromatic N) is 2. The minimum absolute atomic E-state index is 0.525. The standard InChI is InChI=1S/C12H11N3O2/c16-12(17)15-10-3-6-14-11(8-10)7-9-1-4-13-5-2-9/h1-6,8H,7H2,(H,14,15)(H,16,17). The van der Waals surface area contributed by atoms with E-state index in [0.717, 1.165) is 11.3 Å². The molecule has 0 fully saturated rings. The molecule has 0 saturated carbocycles. The number of carbonyl (C=O) groups is 1. The van der Waals surface area contributed by atoms with Gasteiger partial charge >= 0.3 is 6.09 Å². The molecule has 0 atom stereocenters. The Kier molecular flexibility index (Phi) is 3.30. The van der Waals surface area contributed by atoms with Gasteiger partial charge in [-0.25, -0.2) is 4.79 Å². The SMILES string of the molecule is O=C(O)Nc1ccnc(Cc2ccncc2)c1. The number of aromatic nitrogens is 2. The molecule has 0 aromatic carbocycles. The van der Waals surface area contributed by atoms with E-state index in [1.165, 1.54) is 0 Å². The molecule has 2 rings (SSSR count). The smallest absolute Gasteiger partial charge is 0.409 e. The third-order valence-corrected chi connectivity index (χ3v) is 2.20. The molecule has 2 N–H and O–H groups in total. The van der Waals surface area contributed by atoms with Crippen LogP contribution in [0.3, 0.4) is 0 Å². The highest BCUT2D eigenvalue weighted by Gasteiger charge is 2.01. The first kappa shape index (κ1) is 11.1. The maximum atomic E-state index is 10.5. The van der Waals surface area contributed by atoms with Crippen LogP contribution in [0.15, 0.2) is 42.9 Å². The minimum Gasteiger partial charge on any atom is -0.465 e. The van der Waals surface area contributed by atoms with Crippen molar-refractivity contribution in [3.63, 3.8) is 0 Å². The lowest BCUT2D eigenvalue weighted by molar-refractivity contribution is 0.210. The van der Waals surface area contributed by atoms with E-state index in [2.05, 4.69) is 15.3 Å². The van der Waals surface area contributed by atoms with Gasteiger partial charge in [0.05, 0.1) is 0 Å². The first-order valence-corrected chi connectivity index (χ1v) is 5.08. The molecule has 5 nitrogen and oxygen atoms in total. The van der Waals surface area contributed by atoms with Crippen molar-refractivity contribution in [3.8, 4) is 0 Å². The zero-order chi connectivity index (χ0) is 12.1. The largest absolute Gasteiger partial charge is 0.465 e. The van der Waals surface area contributed by atoms with E-state index < -0.39 is 6.09 Å². The van der Waals surface area contributed by atoms with E-state index >= 15 is 0 Å². The second-order valence-electron chi connectivity index (χ2n) is 3.50. The number of amides is 1. The van der Waals surface area contributed by atoms with Gasteiger partial charge in [0.1, 0.15) is 0 Å². The van der Waals surface area contributed by atoms with E-state index in [4.69, 9.17) is 5.11 Å². The number of pyridine rings is 2. The molecule has 0 aliphatic heterocycles. The van der Waals surface area contributed by atoms with Crippen molar-refractivity contribution in [2.75, 3.05) is 5.32 Å². The van der Waals surface area contributed by atoms with Gasteiger partial charge < -0.3 is 5.11 Å². The van der Waals surface area contributed by atoms with Gasteiger partial charge in [0.25, 0.3) is 0 Å². The number of nitrogens with one attached hydrogen (secondary N) is 1. The number of hydrogen-bond acceptors (Lipinski definition) is 3. The van der Waals surface area contributed by atoms with Gasteiger partial charge in [-0.3, -0.25) is 15.3 Å². The van der Waals surface area contributed by atoms with Crippen molar-refractivity contribution < 1.29 is 9.90 Å². The summed E-state index contributed by atoms with van der Waals surface area (Å²) in [6, 6.07) is 7.14. The number of anilines is 1. The minimum atomic E-state index is -1.08. The summed E-state index contributed by atoms with van der Waals surface area (Å²) in [6.45, 7) is 0. The van der Waals surface area contributed by atoms with E-state index in [-0.39, 0.29) is 0 Å². The number of rotatable bonds is 3. The molecule has 0 spiro atoms. The Hall–Kier alpha value is -2.43. The van der Waals surface area contributed by atoms with Gasteiger partial charge in [0.2, 0.25) is 0 Å². The molecule has 1 amide bonds. The molecule has 17 heavy (non-hydrogen) atoms. The highest BCUT2D eigenvalue weighted by Crippen LogP contribution is 2.11. The summed E-state index contributed by atoms with van der Waals surface area (Å²) in [6.07, 6.45) is 4.59. The molecular weight excluding hydrogens is 218 g/mol. The maximum absolute atomic E-state index is 10.5. The Labute approximate surface area is 98.2 Å². The van der Waals surface area contributed by atoms with Crippen molar-refractivity contribution in [3.05, 3.63) is 54.1 Å². The average Bonchev–Trinajstić information content (AvgIpc) is 2.30. The molecule has 2 aromatic rings. The van der Waals surface area contributed by atoms with Gasteiger partial charge in [-0.1, -0.05) is 0 Å². The Balaban J connectivity index is 2.14. The predicted octanol–water partition coefficient (Wildman–Crippen LogP) is 2.16. The van der Waals surface area contributed by atoms with Crippen molar-refractivity contribution in [2.24, 2.45) is 0 Å². The van der Waals surface area contributed by atoms with E-state index in [1.807, 2.05) is 12.1 Å². The summed E-state index contributed by atoms with van der Waals surface area (Å²) in [5, 5.41) is 10.9. The summed E-state index contributed by atoms with van der Waals surface area (Å²) in [7, 11) is 0. The van der Waals surface area contributed by atoms with Crippen LogP contribution < -0.4 is 5.32 Å². The van der Waals surface area contributed by atoms with E-state index in [0.29, 0.717) is 12.1 Å². The number of carboxylic acid groups (broad SMARTS) is 1. The highest BCUT2D eigenvalue weighted by molar-refractivity contribution is 5.82. The van der Waals surface area contributed by atoms with Crippen LogP contribution in [0, 0.1) is 0 Å². The summed E-state index contributed by atoms with van der Waals surface area (Å²) >= 11 is 0. The van der Waals surface area contributed by atoms with Crippen molar-refractivity contribution in [2.45, 2.75) is 6.42 Å².